The number of amides is 2. The van der Waals surface area contributed by atoms with Crippen molar-refractivity contribution in [1.29, 1.82) is 0 Å². The normalized spacial score (nSPS) is 13.9. The Balaban J connectivity index is 2.60. The van der Waals surface area contributed by atoms with E-state index < -0.39 is 28.1 Å². The third-order valence-corrected chi connectivity index (χ3v) is 4.40. The van der Waals surface area contributed by atoms with Gasteiger partial charge in [-0.15, -0.1) is 0 Å². The van der Waals surface area contributed by atoms with Crippen LogP contribution in [-0.4, -0.2) is 31.6 Å². The van der Waals surface area contributed by atoms with Gasteiger partial charge >= 0.3 is 12.0 Å². The van der Waals surface area contributed by atoms with Crippen LogP contribution in [0.1, 0.15) is 25.8 Å². The number of nitrogens with two attached hydrogens (primary N) is 1. The number of carbonyl (C=O) groups is 2. The van der Waals surface area contributed by atoms with Crippen molar-refractivity contribution < 1.29 is 23.1 Å². The topological polar surface area (TPSA) is 139 Å². The minimum absolute atomic E-state index is 0.0200. The van der Waals surface area contributed by atoms with Crippen LogP contribution in [0.2, 0.25) is 0 Å². The second-order valence-corrected chi connectivity index (χ2v) is 6.78. The Morgan fingerprint density at radius 1 is 1.26 bits per heavy atom. The molecule has 2 amide bonds. The van der Waals surface area contributed by atoms with Crippen LogP contribution in [0.3, 0.4) is 0 Å². The molecule has 0 aliphatic heterocycles. The van der Waals surface area contributed by atoms with Crippen molar-refractivity contribution >= 4 is 22.0 Å². The van der Waals surface area contributed by atoms with Gasteiger partial charge in [0.05, 0.1) is 4.90 Å². The van der Waals surface area contributed by atoms with Crippen LogP contribution >= 0.6 is 0 Å². The average molecular weight is 343 g/mol. The molecule has 0 saturated carbocycles. The van der Waals surface area contributed by atoms with Gasteiger partial charge in [0.1, 0.15) is 6.04 Å². The fraction of sp³-hybridized carbons (Fsp3) is 0.429. The molecule has 0 aromatic heterocycles. The molecular weight excluding hydrogens is 322 g/mol. The number of urea groups is 1. The molecule has 0 bridgehead atoms. The number of hydrogen-bond donors (Lipinski definition) is 4. The highest BCUT2D eigenvalue weighted by atomic mass is 32.2. The number of aliphatic carboxylic acids is 1. The van der Waals surface area contributed by atoms with Crippen molar-refractivity contribution in [3.05, 3.63) is 29.8 Å². The van der Waals surface area contributed by atoms with Crippen LogP contribution < -0.4 is 15.8 Å². The van der Waals surface area contributed by atoms with Crippen LogP contribution in [0.25, 0.3) is 0 Å². The van der Waals surface area contributed by atoms with E-state index in [0.29, 0.717) is 12.0 Å². The summed E-state index contributed by atoms with van der Waals surface area (Å²) in [6, 6.07) is 4.14. The van der Waals surface area contributed by atoms with Crippen molar-refractivity contribution in [2.45, 2.75) is 37.8 Å². The van der Waals surface area contributed by atoms with Gasteiger partial charge in [-0.05, 0) is 23.6 Å². The van der Waals surface area contributed by atoms with Crippen molar-refractivity contribution in [3.63, 3.8) is 0 Å². The summed E-state index contributed by atoms with van der Waals surface area (Å²) < 4.78 is 22.3. The number of nitrogens with one attached hydrogen (secondary N) is 2. The Kier molecular flexibility index (Phi) is 6.52. The van der Waals surface area contributed by atoms with E-state index in [1.54, 1.807) is 6.92 Å². The van der Waals surface area contributed by atoms with Crippen molar-refractivity contribution in [2.75, 3.05) is 0 Å². The molecule has 0 unspecified atom stereocenters. The third-order valence-electron chi connectivity index (χ3n) is 3.47. The largest absolute Gasteiger partial charge is 0.480 e. The molecule has 5 N–H and O–H groups in total. The van der Waals surface area contributed by atoms with Crippen LogP contribution in [0.4, 0.5) is 4.79 Å². The summed E-state index contributed by atoms with van der Waals surface area (Å²) in [6.07, 6.45) is 0.617. The van der Waals surface area contributed by atoms with E-state index in [0.717, 1.165) is 0 Å². The third kappa shape index (κ3) is 5.87. The smallest absolute Gasteiger partial charge is 0.326 e. The Bertz CT molecular complexity index is 657. The number of hydrogen-bond acceptors (Lipinski definition) is 4. The second kappa shape index (κ2) is 7.93. The lowest BCUT2D eigenvalue weighted by atomic mass is 9.99. The Morgan fingerprint density at radius 2 is 1.83 bits per heavy atom. The molecule has 0 heterocycles. The van der Waals surface area contributed by atoms with Crippen LogP contribution in [-0.2, 0) is 21.4 Å². The SMILES string of the molecule is CC[C@@H](C)[C@H](NC(=O)NCc1ccc(S(N)(=O)=O)cc1)C(=O)O. The van der Waals surface area contributed by atoms with E-state index >= 15 is 0 Å². The summed E-state index contributed by atoms with van der Waals surface area (Å²) in [7, 11) is -3.75. The van der Waals surface area contributed by atoms with Gasteiger partial charge in [0.2, 0.25) is 10.0 Å². The van der Waals surface area contributed by atoms with Gasteiger partial charge in [-0.25, -0.2) is 23.1 Å². The second-order valence-electron chi connectivity index (χ2n) is 5.22. The number of rotatable bonds is 7. The molecule has 0 aliphatic carbocycles. The van der Waals surface area contributed by atoms with Gasteiger partial charge in [0.25, 0.3) is 0 Å². The molecule has 0 radical (unpaired) electrons. The maximum atomic E-state index is 11.8. The number of carboxylic acid groups (broad SMARTS) is 1. The van der Waals surface area contributed by atoms with Gasteiger partial charge in [-0.3, -0.25) is 0 Å². The number of carboxylic acids is 1. The highest BCUT2D eigenvalue weighted by Crippen LogP contribution is 2.09. The predicted molar refractivity (Wildman–Crippen MR) is 84.1 cm³/mol. The summed E-state index contributed by atoms with van der Waals surface area (Å²) in [4.78, 5) is 22.9. The predicted octanol–water partition coefficient (Wildman–Crippen LogP) is 0.633. The van der Waals surface area contributed by atoms with Crippen molar-refractivity contribution in [1.82, 2.24) is 10.6 Å². The number of benzene rings is 1. The van der Waals surface area contributed by atoms with Crippen LogP contribution in [0.15, 0.2) is 29.2 Å². The van der Waals surface area contributed by atoms with E-state index in [4.69, 9.17) is 10.2 Å². The zero-order chi connectivity index (χ0) is 17.6. The molecule has 1 aromatic carbocycles. The molecule has 9 heteroatoms. The Labute approximate surface area is 135 Å². The molecule has 0 fully saturated rings. The highest BCUT2D eigenvalue weighted by Gasteiger charge is 2.25. The molecule has 2 atom stereocenters. The standard InChI is InChI=1S/C14H21N3O5S/c1-3-9(2)12(13(18)19)17-14(20)16-8-10-4-6-11(7-5-10)23(15,21)22/h4-7,9,12H,3,8H2,1-2H3,(H,18,19)(H2,15,21,22)(H2,16,17,20)/t9-,12+/m1/s1. The lowest BCUT2D eigenvalue weighted by molar-refractivity contribution is -0.140. The summed E-state index contributed by atoms with van der Waals surface area (Å²) in [5.41, 5.74) is 0.656. The molecule has 8 nitrogen and oxygen atoms in total. The first-order valence-corrected chi connectivity index (χ1v) is 8.58. The monoisotopic (exact) mass is 343 g/mol. The van der Waals surface area contributed by atoms with E-state index in [1.807, 2.05) is 6.92 Å². The fourth-order valence-electron chi connectivity index (χ4n) is 1.85. The fourth-order valence-corrected chi connectivity index (χ4v) is 2.37. The van der Waals surface area contributed by atoms with Gasteiger partial charge in [-0.1, -0.05) is 32.4 Å². The van der Waals surface area contributed by atoms with Gasteiger partial charge in [-0.2, -0.15) is 0 Å². The lowest BCUT2D eigenvalue weighted by Gasteiger charge is -2.20. The van der Waals surface area contributed by atoms with Gasteiger partial charge in [0.15, 0.2) is 0 Å². The van der Waals surface area contributed by atoms with Gasteiger partial charge < -0.3 is 15.7 Å². The maximum absolute atomic E-state index is 11.8. The van der Waals surface area contributed by atoms with E-state index in [1.165, 1.54) is 24.3 Å². The molecule has 0 saturated heterocycles. The summed E-state index contributed by atoms with van der Waals surface area (Å²) in [5.74, 6) is -1.29. The number of sulfonamides is 1. The zero-order valence-electron chi connectivity index (χ0n) is 12.9. The quantitative estimate of drug-likeness (QED) is 0.575. The van der Waals surface area contributed by atoms with Crippen molar-refractivity contribution in [2.24, 2.45) is 11.1 Å². The first kappa shape index (κ1) is 18.9. The van der Waals surface area contributed by atoms with Gasteiger partial charge in [0, 0.05) is 6.54 Å². The Morgan fingerprint density at radius 3 is 2.26 bits per heavy atom. The highest BCUT2D eigenvalue weighted by molar-refractivity contribution is 7.89. The van der Waals surface area contributed by atoms with Crippen LogP contribution in [0.5, 0.6) is 0 Å². The zero-order valence-corrected chi connectivity index (χ0v) is 13.8. The first-order valence-electron chi connectivity index (χ1n) is 7.04. The molecule has 128 valence electrons. The molecule has 0 aliphatic rings. The summed E-state index contributed by atoms with van der Waals surface area (Å²) >= 11 is 0. The number of primary sulfonamides is 1. The summed E-state index contributed by atoms with van der Waals surface area (Å²) in [6.45, 7) is 3.71. The summed E-state index contributed by atoms with van der Waals surface area (Å²) in [5, 5.41) is 19.0. The first-order chi connectivity index (χ1) is 10.6. The molecule has 1 aromatic rings. The lowest BCUT2D eigenvalue weighted by Crippen LogP contribution is -2.48. The van der Waals surface area contributed by atoms with E-state index in [9.17, 15) is 18.0 Å². The number of carbonyl (C=O) groups excluding carboxylic acids is 1. The molecular formula is C14H21N3O5S. The molecule has 23 heavy (non-hydrogen) atoms. The maximum Gasteiger partial charge on any atom is 0.326 e. The minimum Gasteiger partial charge on any atom is -0.480 e. The van der Waals surface area contributed by atoms with Crippen LogP contribution in [0, 0.1) is 5.92 Å². The minimum atomic E-state index is -3.75. The molecule has 0 spiro atoms. The van der Waals surface area contributed by atoms with Crippen molar-refractivity contribution in [3.8, 4) is 0 Å². The van der Waals surface area contributed by atoms with E-state index in [2.05, 4.69) is 10.6 Å². The molecule has 1 rings (SSSR count). The van der Waals surface area contributed by atoms with E-state index in [-0.39, 0.29) is 17.4 Å². The average Bonchev–Trinajstić information content (AvgIpc) is 2.49. The Hall–Kier alpha value is -2.13.